The molecule has 1 atom stereocenters. The predicted octanol–water partition coefficient (Wildman–Crippen LogP) is 3.31. The number of benzene rings is 1. The molecule has 3 rings (SSSR count). The molecule has 24 heavy (non-hydrogen) atoms. The second kappa shape index (κ2) is 7.22. The number of nitrogens with one attached hydrogen (secondary N) is 1. The summed E-state index contributed by atoms with van der Waals surface area (Å²) in [5, 5.41) is 3.09. The zero-order chi connectivity index (χ0) is 17.1. The lowest BCUT2D eigenvalue weighted by atomic mass is 10.1. The summed E-state index contributed by atoms with van der Waals surface area (Å²) >= 11 is 0. The monoisotopic (exact) mass is 325 g/mol. The highest BCUT2D eigenvalue weighted by atomic mass is 16.1. The zero-order valence-electron chi connectivity index (χ0n) is 14.9. The number of hydrogen-bond donors (Lipinski definition) is 1. The average molecular weight is 325 g/mol. The van der Waals surface area contributed by atoms with Crippen LogP contribution in [0.15, 0.2) is 36.4 Å². The highest BCUT2D eigenvalue weighted by molar-refractivity contribution is 5.94. The molecule has 0 aliphatic carbocycles. The van der Waals surface area contributed by atoms with Crippen molar-refractivity contribution in [3.8, 4) is 5.69 Å². The molecule has 0 saturated carbocycles. The van der Waals surface area contributed by atoms with Gasteiger partial charge in [0.05, 0.1) is 0 Å². The molecule has 1 fully saturated rings. The van der Waals surface area contributed by atoms with Gasteiger partial charge in [-0.1, -0.05) is 6.92 Å². The van der Waals surface area contributed by atoms with Crippen molar-refractivity contribution in [3.05, 3.63) is 53.3 Å². The molecule has 0 radical (unpaired) electrons. The Hall–Kier alpha value is -2.07. The van der Waals surface area contributed by atoms with Gasteiger partial charge in [-0.05, 0) is 76.2 Å². The highest BCUT2D eigenvalue weighted by Crippen LogP contribution is 2.18. The van der Waals surface area contributed by atoms with Gasteiger partial charge in [0.1, 0.15) is 0 Å². The van der Waals surface area contributed by atoms with E-state index in [0.29, 0.717) is 6.04 Å². The van der Waals surface area contributed by atoms with Crippen LogP contribution in [-0.4, -0.2) is 41.1 Å². The van der Waals surface area contributed by atoms with Crippen molar-refractivity contribution in [2.24, 2.45) is 0 Å². The Morgan fingerprint density at radius 1 is 1.12 bits per heavy atom. The second-order valence-corrected chi connectivity index (χ2v) is 6.63. The van der Waals surface area contributed by atoms with E-state index in [1.165, 1.54) is 24.2 Å². The molecule has 4 nitrogen and oxygen atoms in total. The second-order valence-electron chi connectivity index (χ2n) is 6.63. The van der Waals surface area contributed by atoms with Crippen molar-refractivity contribution in [2.75, 3.05) is 19.6 Å². The first-order valence-electron chi connectivity index (χ1n) is 8.87. The van der Waals surface area contributed by atoms with E-state index in [0.717, 1.165) is 30.9 Å². The van der Waals surface area contributed by atoms with E-state index in [2.05, 4.69) is 47.7 Å². The SMILES string of the molecule is CCN1CCCC1CNC(=O)c1ccc(-n2c(C)ccc2C)cc1. The van der Waals surface area contributed by atoms with Crippen LogP contribution in [0.25, 0.3) is 5.69 Å². The van der Waals surface area contributed by atoms with Crippen molar-refractivity contribution >= 4 is 5.91 Å². The van der Waals surface area contributed by atoms with E-state index < -0.39 is 0 Å². The molecule has 2 aromatic rings. The van der Waals surface area contributed by atoms with Gasteiger partial charge in [0.25, 0.3) is 5.91 Å². The standard InChI is InChI=1S/C20H27N3O/c1-4-22-13-5-6-19(22)14-21-20(24)17-9-11-18(12-10-17)23-15(2)7-8-16(23)3/h7-12,19H,4-6,13-14H2,1-3H3,(H,21,24). The third-order valence-electron chi connectivity index (χ3n) is 5.06. The van der Waals surface area contributed by atoms with Gasteiger partial charge in [-0.3, -0.25) is 9.69 Å². The van der Waals surface area contributed by atoms with Crippen LogP contribution in [0.5, 0.6) is 0 Å². The zero-order valence-corrected chi connectivity index (χ0v) is 14.9. The molecule has 1 aromatic carbocycles. The number of aromatic nitrogens is 1. The van der Waals surface area contributed by atoms with Gasteiger partial charge in [-0.25, -0.2) is 0 Å². The Balaban J connectivity index is 1.64. The van der Waals surface area contributed by atoms with Crippen LogP contribution < -0.4 is 5.32 Å². The summed E-state index contributed by atoms with van der Waals surface area (Å²) in [6, 6.07) is 12.6. The Morgan fingerprint density at radius 2 is 1.79 bits per heavy atom. The number of carbonyl (C=O) groups is 1. The van der Waals surface area contributed by atoms with Crippen LogP contribution in [0.4, 0.5) is 0 Å². The summed E-state index contributed by atoms with van der Waals surface area (Å²) in [4.78, 5) is 14.8. The van der Waals surface area contributed by atoms with E-state index in [1.54, 1.807) is 0 Å². The van der Waals surface area contributed by atoms with Crippen LogP contribution in [0, 0.1) is 13.8 Å². The van der Waals surface area contributed by atoms with Crippen LogP contribution in [0.1, 0.15) is 41.5 Å². The van der Waals surface area contributed by atoms with Gasteiger partial charge in [0.15, 0.2) is 0 Å². The number of aryl methyl sites for hydroxylation is 2. The molecular weight excluding hydrogens is 298 g/mol. The van der Waals surface area contributed by atoms with Crippen molar-refractivity contribution < 1.29 is 4.79 Å². The summed E-state index contributed by atoms with van der Waals surface area (Å²) in [6.45, 7) is 9.32. The molecule has 2 heterocycles. The van der Waals surface area contributed by atoms with Crippen molar-refractivity contribution in [3.63, 3.8) is 0 Å². The van der Waals surface area contributed by atoms with E-state index in [-0.39, 0.29) is 5.91 Å². The van der Waals surface area contributed by atoms with Crippen LogP contribution >= 0.6 is 0 Å². The van der Waals surface area contributed by atoms with Crippen LogP contribution in [0.3, 0.4) is 0 Å². The Labute approximate surface area is 144 Å². The smallest absolute Gasteiger partial charge is 0.251 e. The van der Waals surface area contributed by atoms with Gasteiger partial charge in [-0.15, -0.1) is 0 Å². The number of hydrogen-bond acceptors (Lipinski definition) is 2. The molecule has 1 unspecified atom stereocenters. The number of nitrogens with zero attached hydrogens (tertiary/aromatic N) is 2. The maximum atomic E-state index is 12.4. The molecule has 0 bridgehead atoms. The quantitative estimate of drug-likeness (QED) is 0.916. The maximum absolute atomic E-state index is 12.4. The summed E-state index contributed by atoms with van der Waals surface area (Å²) in [5.41, 5.74) is 4.22. The molecule has 128 valence electrons. The predicted molar refractivity (Wildman–Crippen MR) is 97.8 cm³/mol. The fraction of sp³-hybridized carbons (Fsp3) is 0.450. The molecular formula is C20H27N3O. The molecule has 1 amide bonds. The normalized spacial score (nSPS) is 18.0. The van der Waals surface area contributed by atoms with E-state index in [9.17, 15) is 4.79 Å². The minimum atomic E-state index is 0.0189. The molecule has 1 N–H and O–H groups in total. The van der Waals surface area contributed by atoms with Gasteiger partial charge in [0.2, 0.25) is 0 Å². The topological polar surface area (TPSA) is 37.3 Å². The molecule has 1 aliphatic rings. The number of amides is 1. The number of rotatable bonds is 5. The average Bonchev–Trinajstić information content (AvgIpc) is 3.19. The van der Waals surface area contributed by atoms with Crippen molar-refractivity contribution in [1.29, 1.82) is 0 Å². The van der Waals surface area contributed by atoms with Gasteiger partial charge in [0, 0.05) is 35.2 Å². The first-order valence-corrected chi connectivity index (χ1v) is 8.87. The summed E-state index contributed by atoms with van der Waals surface area (Å²) < 4.78 is 2.19. The van der Waals surface area contributed by atoms with Crippen molar-refractivity contribution in [2.45, 2.75) is 39.7 Å². The minimum absolute atomic E-state index is 0.0189. The fourth-order valence-electron chi connectivity index (χ4n) is 3.69. The van der Waals surface area contributed by atoms with Gasteiger partial charge in [-0.2, -0.15) is 0 Å². The molecule has 1 saturated heterocycles. The molecule has 1 aliphatic heterocycles. The highest BCUT2D eigenvalue weighted by Gasteiger charge is 2.23. The van der Waals surface area contributed by atoms with Gasteiger partial charge < -0.3 is 9.88 Å². The lowest BCUT2D eigenvalue weighted by Crippen LogP contribution is -2.40. The largest absolute Gasteiger partial charge is 0.350 e. The van der Waals surface area contributed by atoms with E-state index in [1.807, 2.05) is 24.3 Å². The minimum Gasteiger partial charge on any atom is -0.350 e. The Kier molecular flexibility index (Phi) is 5.05. The lowest BCUT2D eigenvalue weighted by Gasteiger charge is -2.22. The molecule has 0 spiro atoms. The third kappa shape index (κ3) is 3.39. The van der Waals surface area contributed by atoms with Gasteiger partial charge >= 0.3 is 0 Å². The summed E-state index contributed by atoms with van der Waals surface area (Å²) in [7, 11) is 0. The number of likely N-dealkylation sites (tertiary alicyclic amines) is 1. The third-order valence-corrected chi connectivity index (χ3v) is 5.06. The first kappa shape index (κ1) is 16.8. The number of likely N-dealkylation sites (N-methyl/N-ethyl adjacent to an activating group) is 1. The summed E-state index contributed by atoms with van der Waals surface area (Å²) in [5.74, 6) is 0.0189. The molecule has 1 aromatic heterocycles. The van der Waals surface area contributed by atoms with Crippen LogP contribution in [0.2, 0.25) is 0 Å². The summed E-state index contributed by atoms with van der Waals surface area (Å²) in [6.07, 6.45) is 2.41. The number of carbonyl (C=O) groups excluding carboxylic acids is 1. The fourth-order valence-corrected chi connectivity index (χ4v) is 3.69. The van der Waals surface area contributed by atoms with E-state index >= 15 is 0 Å². The molecule has 4 heteroatoms. The van der Waals surface area contributed by atoms with Crippen molar-refractivity contribution in [1.82, 2.24) is 14.8 Å². The lowest BCUT2D eigenvalue weighted by molar-refractivity contribution is 0.0941. The maximum Gasteiger partial charge on any atom is 0.251 e. The first-order chi connectivity index (χ1) is 11.6. The van der Waals surface area contributed by atoms with E-state index in [4.69, 9.17) is 0 Å². The Morgan fingerprint density at radius 3 is 2.42 bits per heavy atom. The van der Waals surface area contributed by atoms with Crippen LogP contribution in [-0.2, 0) is 0 Å². The Bertz CT molecular complexity index is 683.